The van der Waals surface area contributed by atoms with Crippen LogP contribution < -0.4 is 0 Å². The molecular weight excluding hydrogens is 235 g/mol. The number of hydrogen-bond donors (Lipinski definition) is 1. The summed E-state index contributed by atoms with van der Waals surface area (Å²) in [5.74, 6) is -0.286. The van der Waals surface area contributed by atoms with E-state index in [2.05, 4.69) is 15.9 Å². The lowest BCUT2D eigenvalue weighted by atomic mass is 9.89. The van der Waals surface area contributed by atoms with E-state index in [-0.39, 0.29) is 5.82 Å². The van der Waals surface area contributed by atoms with E-state index in [1.807, 2.05) is 0 Å². The van der Waals surface area contributed by atoms with Gasteiger partial charge >= 0.3 is 0 Å². The van der Waals surface area contributed by atoms with Crippen molar-refractivity contribution in [3.8, 4) is 0 Å². The highest BCUT2D eigenvalue weighted by atomic mass is 79.9. The average Bonchev–Trinajstić information content (AvgIpc) is 2.07. The van der Waals surface area contributed by atoms with Gasteiger partial charge in [-0.15, -0.1) is 0 Å². The molecule has 1 unspecified atom stereocenters. The predicted molar refractivity (Wildman–Crippen MR) is 52.0 cm³/mol. The maximum absolute atomic E-state index is 13.0. The summed E-state index contributed by atoms with van der Waals surface area (Å²) in [6.07, 6.45) is 2.14. The van der Waals surface area contributed by atoms with E-state index >= 15 is 0 Å². The SMILES string of the molecule is OC1CCCc2c(Br)cc(F)cc21. The number of hydrogen-bond acceptors (Lipinski definition) is 1. The molecule has 0 saturated carbocycles. The van der Waals surface area contributed by atoms with Gasteiger partial charge in [-0.05, 0) is 42.5 Å². The second-order valence-electron chi connectivity index (χ2n) is 3.36. The average molecular weight is 245 g/mol. The van der Waals surface area contributed by atoms with E-state index in [0.29, 0.717) is 0 Å². The third kappa shape index (κ3) is 1.63. The molecule has 0 radical (unpaired) electrons. The molecule has 70 valence electrons. The number of rotatable bonds is 0. The summed E-state index contributed by atoms with van der Waals surface area (Å²) < 4.78 is 13.8. The smallest absolute Gasteiger partial charge is 0.124 e. The van der Waals surface area contributed by atoms with E-state index in [4.69, 9.17) is 0 Å². The zero-order valence-corrected chi connectivity index (χ0v) is 8.64. The first-order chi connectivity index (χ1) is 6.18. The monoisotopic (exact) mass is 244 g/mol. The van der Waals surface area contributed by atoms with Crippen LogP contribution in [0.5, 0.6) is 0 Å². The molecule has 1 aliphatic carbocycles. The lowest BCUT2D eigenvalue weighted by Crippen LogP contribution is -2.10. The fraction of sp³-hybridized carbons (Fsp3) is 0.400. The third-order valence-electron chi connectivity index (χ3n) is 2.46. The first-order valence-corrected chi connectivity index (χ1v) is 5.13. The topological polar surface area (TPSA) is 20.2 Å². The number of aliphatic hydroxyl groups excluding tert-OH is 1. The van der Waals surface area contributed by atoms with Crippen LogP contribution in [0.1, 0.15) is 30.1 Å². The molecule has 0 saturated heterocycles. The van der Waals surface area contributed by atoms with Gasteiger partial charge in [-0.25, -0.2) is 4.39 Å². The molecule has 0 bridgehead atoms. The molecule has 0 amide bonds. The second-order valence-corrected chi connectivity index (χ2v) is 4.22. The van der Waals surface area contributed by atoms with E-state index in [9.17, 15) is 9.50 Å². The normalized spacial score (nSPS) is 21.3. The van der Waals surface area contributed by atoms with Gasteiger partial charge in [0.05, 0.1) is 6.10 Å². The van der Waals surface area contributed by atoms with Gasteiger partial charge < -0.3 is 5.11 Å². The highest BCUT2D eigenvalue weighted by Crippen LogP contribution is 2.34. The van der Waals surface area contributed by atoms with Crippen LogP contribution >= 0.6 is 15.9 Å². The molecule has 13 heavy (non-hydrogen) atoms. The minimum atomic E-state index is -0.490. The molecule has 0 spiro atoms. The van der Waals surface area contributed by atoms with Crippen molar-refractivity contribution in [2.75, 3.05) is 0 Å². The summed E-state index contributed by atoms with van der Waals surface area (Å²) >= 11 is 3.31. The van der Waals surface area contributed by atoms with E-state index in [0.717, 1.165) is 34.9 Å². The van der Waals surface area contributed by atoms with Crippen molar-refractivity contribution < 1.29 is 9.50 Å². The van der Waals surface area contributed by atoms with Crippen LogP contribution in [0, 0.1) is 5.82 Å². The van der Waals surface area contributed by atoms with Gasteiger partial charge in [0, 0.05) is 4.47 Å². The van der Waals surface area contributed by atoms with Gasteiger partial charge in [0.1, 0.15) is 5.82 Å². The van der Waals surface area contributed by atoms with Crippen molar-refractivity contribution in [2.45, 2.75) is 25.4 Å². The number of halogens is 2. The third-order valence-corrected chi connectivity index (χ3v) is 3.17. The maximum Gasteiger partial charge on any atom is 0.124 e. The van der Waals surface area contributed by atoms with Gasteiger partial charge in [0.25, 0.3) is 0 Å². The molecule has 1 nitrogen and oxygen atoms in total. The molecule has 1 aliphatic rings. The molecule has 1 aromatic carbocycles. The highest BCUT2D eigenvalue weighted by molar-refractivity contribution is 9.10. The quantitative estimate of drug-likeness (QED) is 0.745. The zero-order chi connectivity index (χ0) is 9.42. The molecule has 0 aliphatic heterocycles. The Balaban J connectivity index is 2.56. The molecule has 1 atom stereocenters. The lowest BCUT2D eigenvalue weighted by molar-refractivity contribution is 0.156. The predicted octanol–water partition coefficient (Wildman–Crippen LogP) is 2.96. The van der Waals surface area contributed by atoms with Crippen molar-refractivity contribution in [3.63, 3.8) is 0 Å². The highest BCUT2D eigenvalue weighted by Gasteiger charge is 2.20. The zero-order valence-electron chi connectivity index (χ0n) is 7.06. The van der Waals surface area contributed by atoms with Gasteiger partial charge in [0.2, 0.25) is 0 Å². The van der Waals surface area contributed by atoms with Gasteiger partial charge in [-0.1, -0.05) is 15.9 Å². The van der Waals surface area contributed by atoms with Crippen molar-refractivity contribution in [3.05, 3.63) is 33.5 Å². The van der Waals surface area contributed by atoms with E-state index < -0.39 is 6.10 Å². The van der Waals surface area contributed by atoms with Crippen LogP contribution in [-0.2, 0) is 6.42 Å². The molecule has 0 heterocycles. The Morgan fingerprint density at radius 1 is 1.46 bits per heavy atom. The second kappa shape index (κ2) is 3.39. The Labute approximate surface area is 84.7 Å². The Morgan fingerprint density at radius 2 is 2.23 bits per heavy atom. The first kappa shape index (κ1) is 9.16. The Bertz CT molecular complexity index is 338. The van der Waals surface area contributed by atoms with Gasteiger partial charge in [-0.2, -0.15) is 0 Å². The Hall–Kier alpha value is -0.410. The Kier molecular flexibility index (Phi) is 2.39. The molecule has 2 rings (SSSR count). The number of fused-ring (bicyclic) bond motifs is 1. The molecule has 0 aromatic heterocycles. The van der Waals surface area contributed by atoms with Crippen LogP contribution in [0.15, 0.2) is 16.6 Å². The largest absolute Gasteiger partial charge is 0.388 e. The standard InChI is InChI=1S/C10H10BrFO/c11-9-5-6(12)4-8-7(9)2-1-3-10(8)13/h4-5,10,13H,1-3H2. The van der Waals surface area contributed by atoms with E-state index in [1.54, 1.807) is 0 Å². The summed E-state index contributed by atoms with van der Waals surface area (Å²) in [5, 5.41) is 9.62. The summed E-state index contributed by atoms with van der Waals surface area (Å²) in [6, 6.07) is 2.89. The van der Waals surface area contributed by atoms with Crippen molar-refractivity contribution in [2.24, 2.45) is 0 Å². The molecular formula is C10H10BrFO. The first-order valence-electron chi connectivity index (χ1n) is 4.34. The lowest BCUT2D eigenvalue weighted by Gasteiger charge is -2.22. The van der Waals surface area contributed by atoms with Crippen LogP contribution in [0.4, 0.5) is 4.39 Å². The van der Waals surface area contributed by atoms with E-state index in [1.165, 1.54) is 12.1 Å². The maximum atomic E-state index is 13.0. The summed E-state index contributed by atoms with van der Waals surface area (Å²) in [4.78, 5) is 0. The molecule has 1 aromatic rings. The van der Waals surface area contributed by atoms with Crippen molar-refractivity contribution in [1.29, 1.82) is 0 Å². The minimum Gasteiger partial charge on any atom is -0.388 e. The van der Waals surface area contributed by atoms with Gasteiger partial charge in [0.15, 0.2) is 0 Å². The number of aliphatic hydroxyl groups is 1. The van der Waals surface area contributed by atoms with Crippen LogP contribution in [0.2, 0.25) is 0 Å². The Morgan fingerprint density at radius 3 is 3.00 bits per heavy atom. The molecule has 0 fully saturated rings. The van der Waals surface area contributed by atoms with Crippen molar-refractivity contribution in [1.82, 2.24) is 0 Å². The minimum absolute atomic E-state index is 0.286. The summed E-state index contributed by atoms with van der Waals surface area (Å²) in [5.41, 5.74) is 1.80. The van der Waals surface area contributed by atoms with Crippen molar-refractivity contribution >= 4 is 15.9 Å². The van der Waals surface area contributed by atoms with Crippen LogP contribution in [-0.4, -0.2) is 5.11 Å². The summed E-state index contributed by atoms with van der Waals surface area (Å²) in [6.45, 7) is 0. The number of benzene rings is 1. The fourth-order valence-corrected chi connectivity index (χ4v) is 2.46. The van der Waals surface area contributed by atoms with Crippen LogP contribution in [0.25, 0.3) is 0 Å². The van der Waals surface area contributed by atoms with Crippen LogP contribution in [0.3, 0.4) is 0 Å². The molecule has 1 N–H and O–H groups in total. The molecule has 3 heteroatoms. The summed E-state index contributed by atoms with van der Waals surface area (Å²) in [7, 11) is 0. The van der Waals surface area contributed by atoms with Gasteiger partial charge in [-0.3, -0.25) is 0 Å². The fourth-order valence-electron chi connectivity index (χ4n) is 1.81.